The lowest BCUT2D eigenvalue weighted by Gasteiger charge is -2.25. The highest BCUT2D eigenvalue weighted by Gasteiger charge is 2.15. The summed E-state index contributed by atoms with van der Waals surface area (Å²) in [4.78, 5) is 6.69. The first kappa shape index (κ1) is 10.6. The van der Waals surface area contributed by atoms with Crippen LogP contribution in [0.15, 0.2) is 12.1 Å². The predicted molar refractivity (Wildman–Crippen MR) is 67.9 cm³/mol. The number of rotatable bonds is 1. The van der Waals surface area contributed by atoms with Crippen molar-refractivity contribution in [3.05, 3.63) is 34.3 Å². The maximum absolute atomic E-state index is 12.0. The standard InChI is InChI=1S/C13H16N3O/c1-3-13-14-11-6-10-8-15(2)5-4-9(10)7-12(11)16(13)17/h6-7H,3-5,8H2,1-2H3/q-1. The lowest BCUT2D eigenvalue weighted by Crippen LogP contribution is -2.26. The Morgan fingerprint density at radius 2 is 2.18 bits per heavy atom. The summed E-state index contributed by atoms with van der Waals surface area (Å²) in [6, 6.07) is 4.10. The Morgan fingerprint density at radius 1 is 1.35 bits per heavy atom. The molecular weight excluding hydrogens is 214 g/mol. The van der Waals surface area contributed by atoms with Gasteiger partial charge in [-0.3, -0.25) is 0 Å². The van der Waals surface area contributed by atoms with E-state index in [-0.39, 0.29) is 0 Å². The summed E-state index contributed by atoms with van der Waals surface area (Å²) in [5.74, 6) is 0.621. The van der Waals surface area contributed by atoms with Crippen molar-refractivity contribution >= 4 is 11.0 Å². The van der Waals surface area contributed by atoms with E-state index in [1.807, 2.05) is 13.0 Å². The molecule has 0 saturated heterocycles. The molecule has 4 heteroatoms. The SMILES string of the molecule is CCc1nc2cc3c(cc2n1[O-])CCN(C)C3. The summed E-state index contributed by atoms with van der Waals surface area (Å²) in [5.41, 5.74) is 4.18. The molecular formula is C13H16N3O-. The third-order valence-corrected chi connectivity index (χ3v) is 3.52. The van der Waals surface area contributed by atoms with Gasteiger partial charge >= 0.3 is 0 Å². The molecule has 1 aliphatic heterocycles. The normalized spacial score (nSPS) is 16.4. The van der Waals surface area contributed by atoms with Crippen molar-refractivity contribution in [3.63, 3.8) is 0 Å². The minimum Gasteiger partial charge on any atom is -0.804 e. The maximum Gasteiger partial charge on any atom is 0.104 e. The molecule has 2 heterocycles. The summed E-state index contributed by atoms with van der Waals surface area (Å²) >= 11 is 0. The largest absolute Gasteiger partial charge is 0.804 e. The molecule has 0 fully saturated rings. The van der Waals surface area contributed by atoms with Gasteiger partial charge < -0.3 is 14.8 Å². The van der Waals surface area contributed by atoms with Gasteiger partial charge in [0, 0.05) is 19.5 Å². The number of hydrogen-bond acceptors (Lipinski definition) is 3. The zero-order valence-electron chi connectivity index (χ0n) is 10.2. The molecule has 1 aromatic carbocycles. The van der Waals surface area contributed by atoms with E-state index < -0.39 is 0 Å². The molecule has 0 unspecified atom stereocenters. The van der Waals surface area contributed by atoms with E-state index in [0.717, 1.165) is 35.3 Å². The van der Waals surface area contributed by atoms with Crippen molar-refractivity contribution in [1.82, 2.24) is 14.6 Å². The van der Waals surface area contributed by atoms with Crippen LogP contribution in [0.1, 0.15) is 23.9 Å². The summed E-state index contributed by atoms with van der Waals surface area (Å²) in [5, 5.41) is 12.0. The van der Waals surface area contributed by atoms with Gasteiger partial charge in [-0.15, -0.1) is 0 Å². The second kappa shape index (κ2) is 3.74. The molecule has 1 aromatic heterocycles. The Balaban J connectivity index is 2.19. The molecule has 1 aliphatic rings. The third kappa shape index (κ3) is 1.60. The number of imidazole rings is 1. The Bertz CT molecular complexity index is 574. The van der Waals surface area contributed by atoms with Gasteiger partial charge in [0.25, 0.3) is 0 Å². The van der Waals surface area contributed by atoms with Gasteiger partial charge in [0.05, 0.1) is 11.0 Å². The van der Waals surface area contributed by atoms with E-state index in [0.29, 0.717) is 12.2 Å². The number of benzene rings is 1. The third-order valence-electron chi connectivity index (χ3n) is 3.52. The van der Waals surface area contributed by atoms with Gasteiger partial charge in [-0.1, -0.05) is 6.92 Å². The van der Waals surface area contributed by atoms with E-state index in [1.165, 1.54) is 11.1 Å². The first-order valence-electron chi connectivity index (χ1n) is 6.08. The summed E-state index contributed by atoms with van der Waals surface area (Å²) < 4.78 is 0.980. The molecule has 0 spiro atoms. The molecule has 0 atom stereocenters. The van der Waals surface area contributed by atoms with Crippen LogP contribution in [-0.2, 0) is 19.4 Å². The van der Waals surface area contributed by atoms with E-state index in [1.54, 1.807) is 0 Å². The van der Waals surface area contributed by atoms with Crippen LogP contribution in [0.2, 0.25) is 0 Å². The van der Waals surface area contributed by atoms with Crippen LogP contribution in [0.4, 0.5) is 0 Å². The smallest absolute Gasteiger partial charge is 0.104 e. The zero-order valence-corrected chi connectivity index (χ0v) is 10.2. The first-order valence-corrected chi connectivity index (χ1v) is 6.08. The Kier molecular flexibility index (Phi) is 2.33. The van der Waals surface area contributed by atoms with Gasteiger partial charge in [-0.05, 0) is 36.7 Å². The van der Waals surface area contributed by atoms with Crippen LogP contribution in [0.5, 0.6) is 0 Å². The first-order chi connectivity index (χ1) is 8.19. The van der Waals surface area contributed by atoms with E-state index in [9.17, 15) is 5.21 Å². The number of aromatic nitrogens is 2. The average molecular weight is 230 g/mol. The van der Waals surface area contributed by atoms with Crippen LogP contribution in [-0.4, -0.2) is 28.2 Å². The van der Waals surface area contributed by atoms with Gasteiger partial charge in [0.1, 0.15) is 5.82 Å². The van der Waals surface area contributed by atoms with Crippen molar-refractivity contribution in [2.24, 2.45) is 0 Å². The summed E-state index contributed by atoms with van der Waals surface area (Å²) in [7, 11) is 2.12. The van der Waals surface area contributed by atoms with Crippen LogP contribution >= 0.6 is 0 Å². The van der Waals surface area contributed by atoms with Gasteiger partial charge in [-0.2, -0.15) is 0 Å². The minimum atomic E-state index is 0.621. The molecule has 0 N–H and O–H groups in total. The molecule has 0 amide bonds. The fourth-order valence-electron chi connectivity index (χ4n) is 2.52. The topological polar surface area (TPSA) is 44.1 Å². The van der Waals surface area contributed by atoms with Crippen molar-refractivity contribution in [1.29, 1.82) is 0 Å². The number of aryl methyl sites for hydroxylation is 1. The van der Waals surface area contributed by atoms with Crippen LogP contribution < -0.4 is 0 Å². The monoisotopic (exact) mass is 230 g/mol. The Labute approximate surface area is 100 Å². The van der Waals surface area contributed by atoms with Crippen molar-refractivity contribution < 1.29 is 0 Å². The highest BCUT2D eigenvalue weighted by molar-refractivity contribution is 5.78. The fraction of sp³-hybridized carbons (Fsp3) is 0.462. The van der Waals surface area contributed by atoms with Crippen molar-refractivity contribution in [2.75, 3.05) is 13.6 Å². The molecule has 4 nitrogen and oxygen atoms in total. The van der Waals surface area contributed by atoms with Crippen LogP contribution in [0.25, 0.3) is 11.0 Å². The predicted octanol–water partition coefficient (Wildman–Crippen LogP) is 1.93. The second-order valence-corrected chi connectivity index (χ2v) is 4.77. The lowest BCUT2D eigenvalue weighted by molar-refractivity contribution is 0.313. The lowest BCUT2D eigenvalue weighted by atomic mass is 9.99. The molecule has 17 heavy (non-hydrogen) atoms. The number of likely N-dealkylation sites (N-methyl/N-ethyl adjacent to an activating group) is 1. The fourth-order valence-corrected chi connectivity index (χ4v) is 2.52. The Morgan fingerprint density at radius 3 is 2.94 bits per heavy atom. The molecule has 90 valence electrons. The van der Waals surface area contributed by atoms with Gasteiger partial charge in [0.15, 0.2) is 0 Å². The van der Waals surface area contributed by atoms with Crippen LogP contribution in [0.3, 0.4) is 0 Å². The average Bonchev–Trinajstić information content (AvgIpc) is 2.63. The molecule has 3 rings (SSSR count). The van der Waals surface area contributed by atoms with E-state index in [4.69, 9.17) is 0 Å². The molecule has 0 radical (unpaired) electrons. The quantitative estimate of drug-likeness (QED) is 0.752. The molecule has 0 aliphatic carbocycles. The molecule has 2 aromatic rings. The highest BCUT2D eigenvalue weighted by atomic mass is 16.5. The van der Waals surface area contributed by atoms with Crippen LogP contribution in [0, 0.1) is 5.21 Å². The summed E-state index contributed by atoms with van der Waals surface area (Å²) in [6.07, 6.45) is 1.71. The number of fused-ring (bicyclic) bond motifs is 2. The van der Waals surface area contributed by atoms with E-state index >= 15 is 0 Å². The Hall–Kier alpha value is -1.55. The van der Waals surface area contributed by atoms with Crippen molar-refractivity contribution in [3.8, 4) is 0 Å². The second-order valence-electron chi connectivity index (χ2n) is 4.77. The number of nitrogens with zero attached hydrogens (tertiary/aromatic N) is 3. The molecule has 0 saturated carbocycles. The van der Waals surface area contributed by atoms with Gasteiger partial charge in [-0.25, -0.2) is 4.98 Å². The van der Waals surface area contributed by atoms with E-state index in [2.05, 4.69) is 23.0 Å². The highest BCUT2D eigenvalue weighted by Crippen LogP contribution is 2.25. The minimum absolute atomic E-state index is 0.621. The molecule has 0 bridgehead atoms. The maximum atomic E-state index is 12.0. The number of hydrogen-bond donors (Lipinski definition) is 0. The zero-order chi connectivity index (χ0) is 12.0. The summed E-state index contributed by atoms with van der Waals surface area (Å²) in [6.45, 7) is 3.98. The van der Waals surface area contributed by atoms with Gasteiger partial charge in [0.2, 0.25) is 0 Å². The van der Waals surface area contributed by atoms with Crippen molar-refractivity contribution in [2.45, 2.75) is 26.3 Å².